The fourth-order valence-corrected chi connectivity index (χ4v) is 3.19. The first-order chi connectivity index (χ1) is 9.45. The second kappa shape index (κ2) is 6.65. The quantitative estimate of drug-likeness (QED) is 0.504. The zero-order valence-electron chi connectivity index (χ0n) is 10.3. The summed E-state index contributed by atoms with van der Waals surface area (Å²) in [5, 5.41) is -0.0261. The molecule has 0 aromatic heterocycles. The molecule has 1 atom stereocenters. The van der Waals surface area contributed by atoms with Gasteiger partial charge >= 0.3 is 0 Å². The van der Waals surface area contributed by atoms with E-state index in [4.69, 9.17) is 27.9 Å². The molecule has 0 aliphatic carbocycles. The van der Waals surface area contributed by atoms with E-state index < -0.39 is 11.2 Å². The Morgan fingerprint density at radius 3 is 2.50 bits per heavy atom. The number of hydrogen-bond donors (Lipinski definition) is 0. The van der Waals surface area contributed by atoms with Crippen LogP contribution in [0.25, 0.3) is 0 Å². The summed E-state index contributed by atoms with van der Waals surface area (Å²) in [6.07, 6.45) is 0. The topological polar surface area (TPSA) is 9.23 Å². The Morgan fingerprint density at radius 1 is 1.15 bits per heavy atom. The van der Waals surface area contributed by atoms with E-state index in [0.29, 0.717) is 20.8 Å². The van der Waals surface area contributed by atoms with Crippen LogP contribution in [0.15, 0.2) is 39.3 Å². The highest BCUT2D eigenvalue weighted by Gasteiger charge is 2.21. The largest absolute Gasteiger partial charge is 0.496 e. The fourth-order valence-electron chi connectivity index (χ4n) is 1.80. The Hall–Kier alpha value is -0.290. The van der Waals surface area contributed by atoms with Crippen LogP contribution in [0, 0.1) is 5.82 Å². The lowest BCUT2D eigenvalue weighted by molar-refractivity contribution is 0.406. The van der Waals surface area contributed by atoms with Gasteiger partial charge in [0, 0.05) is 16.1 Å². The van der Waals surface area contributed by atoms with Crippen LogP contribution in [0.3, 0.4) is 0 Å². The summed E-state index contributed by atoms with van der Waals surface area (Å²) in [5.41, 5.74) is 1.36. The van der Waals surface area contributed by atoms with Gasteiger partial charge in [0.2, 0.25) is 0 Å². The molecule has 6 heteroatoms. The maximum atomic E-state index is 13.6. The van der Waals surface area contributed by atoms with Gasteiger partial charge < -0.3 is 4.74 Å². The van der Waals surface area contributed by atoms with E-state index in [9.17, 15) is 4.39 Å². The molecule has 1 nitrogen and oxygen atoms in total. The summed E-state index contributed by atoms with van der Waals surface area (Å²) in [6, 6.07) is 8.38. The molecule has 0 spiro atoms. The van der Waals surface area contributed by atoms with E-state index >= 15 is 0 Å². The third kappa shape index (κ3) is 3.14. The Morgan fingerprint density at radius 2 is 1.85 bits per heavy atom. The van der Waals surface area contributed by atoms with E-state index in [-0.39, 0.29) is 0 Å². The van der Waals surface area contributed by atoms with Gasteiger partial charge in [-0.3, -0.25) is 0 Å². The molecule has 0 saturated heterocycles. The van der Waals surface area contributed by atoms with Crippen molar-refractivity contribution in [3.05, 3.63) is 61.2 Å². The van der Waals surface area contributed by atoms with Crippen molar-refractivity contribution in [2.45, 2.75) is 5.38 Å². The van der Waals surface area contributed by atoms with Crippen LogP contribution in [0.5, 0.6) is 5.75 Å². The molecule has 0 N–H and O–H groups in total. The van der Waals surface area contributed by atoms with Crippen molar-refractivity contribution in [1.82, 2.24) is 0 Å². The first kappa shape index (κ1) is 16.1. The van der Waals surface area contributed by atoms with Crippen molar-refractivity contribution in [2.24, 2.45) is 0 Å². The maximum absolute atomic E-state index is 13.6. The summed E-state index contributed by atoms with van der Waals surface area (Å²) in [5.74, 6) is -0.0310. The van der Waals surface area contributed by atoms with E-state index in [1.165, 1.54) is 13.2 Å². The zero-order chi connectivity index (χ0) is 14.9. The maximum Gasteiger partial charge on any atom is 0.141 e. The Labute approximate surface area is 143 Å². The molecule has 0 saturated carbocycles. The fraction of sp³-hybridized carbons (Fsp3) is 0.143. The molecular weight excluding hydrogens is 434 g/mol. The summed E-state index contributed by atoms with van der Waals surface area (Å²) >= 11 is 19.2. The molecule has 0 radical (unpaired) electrons. The Balaban J connectivity index is 2.55. The molecule has 2 aromatic rings. The molecule has 106 valence electrons. The first-order valence-electron chi connectivity index (χ1n) is 5.56. The summed E-state index contributed by atoms with van der Waals surface area (Å²) in [6.45, 7) is 0. The number of benzene rings is 2. The van der Waals surface area contributed by atoms with Crippen LogP contribution < -0.4 is 4.74 Å². The van der Waals surface area contributed by atoms with Crippen LogP contribution in [0.1, 0.15) is 16.5 Å². The molecule has 0 heterocycles. The van der Waals surface area contributed by atoms with Crippen LogP contribution >= 0.6 is 55.1 Å². The van der Waals surface area contributed by atoms with Gasteiger partial charge in [-0.05, 0) is 49.6 Å². The van der Waals surface area contributed by atoms with E-state index in [1.807, 2.05) is 18.2 Å². The lowest BCUT2D eigenvalue weighted by Gasteiger charge is -2.17. The van der Waals surface area contributed by atoms with Crippen LogP contribution in [0.2, 0.25) is 5.02 Å². The van der Waals surface area contributed by atoms with Crippen LogP contribution in [0.4, 0.5) is 4.39 Å². The predicted molar refractivity (Wildman–Crippen MR) is 87.5 cm³/mol. The minimum atomic E-state index is -0.549. The third-order valence-electron chi connectivity index (χ3n) is 2.80. The van der Waals surface area contributed by atoms with Crippen molar-refractivity contribution in [3.8, 4) is 5.75 Å². The smallest absolute Gasteiger partial charge is 0.141 e. The second-order valence-electron chi connectivity index (χ2n) is 4.01. The molecule has 1 unspecified atom stereocenters. The van der Waals surface area contributed by atoms with Crippen molar-refractivity contribution in [3.63, 3.8) is 0 Å². The molecule has 0 aliphatic heterocycles. The number of hydrogen-bond acceptors (Lipinski definition) is 1. The summed E-state index contributed by atoms with van der Waals surface area (Å²) in [7, 11) is 1.47. The molecule has 2 aromatic carbocycles. The number of rotatable bonds is 3. The number of alkyl halides is 1. The van der Waals surface area contributed by atoms with Gasteiger partial charge in [-0.2, -0.15) is 0 Å². The van der Waals surface area contributed by atoms with E-state index in [2.05, 4.69) is 31.9 Å². The lowest BCUT2D eigenvalue weighted by Crippen LogP contribution is -2.00. The Bertz CT molecular complexity index is 649. The van der Waals surface area contributed by atoms with E-state index in [0.717, 1.165) is 10.0 Å². The van der Waals surface area contributed by atoms with Gasteiger partial charge in [-0.25, -0.2) is 4.39 Å². The first-order valence-corrected chi connectivity index (χ1v) is 7.96. The lowest BCUT2D eigenvalue weighted by atomic mass is 10.0. The Kier molecular flexibility index (Phi) is 5.35. The van der Waals surface area contributed by atoms with Crippen molar-refractivity contribution in [1.29, 1.82) is 0 Å². The van der Waals surface area contributed by atoms with Crippen LogP contribution in [-0.4, -0.2) is 7.11 Å². The predicted octanol–water partition coefficient (Wildman–Crippen LogP) is 6.34. The third-order valence-corrected chi connectivity index (χ3v) is 5.19. The van der Waals surface area contributed by atoms with E-state index in [1.54, 1.807) is 6.07 Å². The highest BCUT2D eigenvalue weighted by atomic mass is 79.9. The molecule has 0 amide bonds. The highest BCUT2D eigenvalue weighted by molar-refractivity contribution is 9.10. The molecule has 0 bridgehead atoms. The zero-order valence-corrected chi connectivity index (χ0v) is 14.9. The van der Waals surface area contributed by atoms with Gasteiger partial charge in [-0.15, -0.1) is 11.6 Å². The SMILES string of the molecule is COc1cc(F)c(Br)cc1C(Cl)c1cccc(Br)c1Cl. The minimum Gasteiger partial charge on any atom is -0.496 e. The van der Waals surface area contributed by atoms with Gasteiger partial charge in [-0.1, -0.05) is 23.7 Å². The van der Waals surface area contributed by atoms with Crippen LogP contribution in [-0.2, 0) is 0 Å². The van der Waals surface area contributed by atoms with Crippen molar-refractivity contribution < 1.29 is 9.13 Å². The monoisotopic (exact) mass is 440 g/mol. The van der Waals surface area contributed by atoms with Crippen molar-refractivity contribution in [2.75, 3.05) is 7.11 Å². The molecule has 0 aliphatic rings. The van der Waals surface area contributed by atoms with Gasteiger partial charge in [0.15, 0.2) is 0 Å². The van der Waals surface area contributed by atoms with Crippen molar-refractivity contribution >= 4 is 55.1 Å². The normalized spacial score (nSPS) is 12.3. The minimum absolute atomic E-state index is 0.324. The summed E-state index contributed by atoms with van der Waals surface area (Å²) in [4.78, 5) is 0. The highest BCUT2D eigenvalue weighted by Crippen LogP contribution is 2.41. The summed E-state index contributed by atoms with van der Waals surface area (Å²) < 4.78 is 19.8. The molecular formula is C14H9Br2Cl2FO. The molecule has 20 heavy (non-hydrogen) atoms. The number of methoxy groups -OCH3 is 1. The number of halogens is 5. The van der Waals surface area contributed by atoms with Gasteiger partial charge in [0.1, 0.15) is 11.6 Å². The standard InChI is InChI=1S/C14H9Br2Cl2FO/c1-20-12-6-11(19)10(16)5-8(12)13(17)7-3-2-4-9(15)14(7)18/h2-6,13H,1H3. The second-order valence-corrected chi connectivity index (χ2v) is 6.54. The van der Waals surface area contributed by atoms with Gasteiger partial charge in [0.05, 0.1) is 22.0 Å². The van der Waals surface area contributed by atoms with Gasteiger partial charge in [0.25, 0.3) is 0 Å². The molecule has 2 rings (SSSR count). The average Bonchev–Trinajstić information content (AvgIpc) is 2.43. The average molecular weight is 443 g/mol. The molecule has 0 fully saturated rings. The number of ether oxygens (including phenoxy) is 1.